The zero-order valence-corrected chi connectivity index (χ0v) is 11.0. The first-order valence-corrected chi connectivity index (χ1v) is 6.19. The van der Waals surface area contributed by atoms with Gasteiger partial charge in [-0.25, -0.2) is 15.0 Å². The molecule has 0 unspecified atom stereocenters. The summed E-state index contributed by atoms with van der Waals surface area (Å²) < 4.78 is 1.91. The van der Waals surface area contributed by atoms with Crippen LogP contribution in [0.3, 0.4) is 0 Å². The number of hydrogen-bond donors (Lipinski definition) is 1. The van der Waals surface area contributed by atoms with E-state index in [9.17, 15) is 0 Å². The molecule has 0 saturated heterocycles. The summed E-state index contributed by atoms with van der Waals surface area (Å²) >= 11 is 0. The van der Waals surface area contributed by atoms with Crippen LogP contribution in [0, 0.1) is 6.92 Å². The van der Waals surface area contributed by atoms with Crippen molar-refractivity contribution >= 4 is 11.0 Å². The topological polar surface area (TPSA) is 55.6 Å². The molecule has 0 aliphatic heterocycles. The van der Waals surface area contributed by atoms with E-state index in [1.165, 1.54) is 0 Å². The number of para-hydroxylation sites is 2. The van der Waals surface area contributed by atoms with E-state index < -0.39 is 0 Å². The number of hydrogen-bond acceptors (Lipinski definition) is 4. The Kier molecular flexibility index (Phi) is 2.97. The van der Waals surface area contributed by atoms with E-state index in [1.54, 1.807) is 6.33 Å². The fourth-order valence-corrected chi connectivity index (χ4v) is 2.08. The predicted molar refractivity (Wildman–Crippen MR) is 74.2 cm³/mol. The van der Waals surface area contributed by atoms with E-state index in [2.05, 4.69) is 20.3 Å². The van der Waals surface area contributed by atoms with Crippen LogP contribution in [0.2, 0.25) is 0 Å². The van der Waals surface area contributed by atoms with Crippen molar-refractivity contribution in [2.75, 3.05) is 7.05 Å². The maximum absolute atomic E-state index is 4.56. The minimum atomic E-state index is 0.658. The fraction of sp³-hybridized carbons (Fsp3) is 0.214. The van der Waals surface area contributed by atoms with Gasteiger partial charge in [0.15, 0.2) is 0 Å². The number of aromatic nitrogens is 4. The third kappa shape index (κ3) is 2.08. The summed E-state index contributed by atoms with van der Waals surface area (Å²) in [6.45, 7) is 2.77. The van der Waals surface area contributed by atoms with Crippen LogP contribution < -0.4 is 5.32 Å². The highest BCUT2D eigenvalue weighted by atomic mass is 15.2. The van der Waals surface area contributed by atoms with Gasteiger partial charge in [0.25, 0.3) is 0 Å². The lowest BCUT2D eigenvalue weighted by molar-refractivity contribution is 0.788. The first-order valence-electron chi connectivity index (χ1n) is 6.19. The van der Waals surface area contributed by atoms with Gasteiger partial charge in [-0.05, 0) is 26.1 Å². The van der Waals surface area contributed by atoms with Crippen molar-refractivity contribution in [1.29, 1.82) is 0 Å². The van der Waals surface area contributed by atoms with Gasteiger partial charge in [0.1, 0.15) is 6.33 Å². The van der Waals surface area contributed by atoms with Crippen molar-refractivity contribution in [3.05, 3.63) is 48.0 Å². The third-order valence-electron chi connectivity index (χ3n) is 3.10. The number of benzene rings is 1. The third-order valence-corrected chi connectivity index (χ3v) is 3.10. The Bertz CT molecular complexity index is 717. The lowest BCUT2D eigenvalue weighted by atomic mass is 10.2. The molecule has 5 heteroatoms. The predicted octanol–water partition coefficient (Wildman–Crippen LogP) is 1.84. The molecule has 19 heavy (non-hydrogen) atoms. The second-order valence-electron chi connectivity index (χ2n) is 4.41. The molecule has 2 aromatic heterocycles. The van der Waals surface area contributed by atoms with E-state index in [1.807, 2.05) is 49.0 Å². The highest BCUT2D eigenvalue weighted by Crippen LogP contribution is 2.16. The standard InChI is InChI=1S/C14H15N5/c1-10-11(7-15-2)8-16-14(18-10)19-9-17-12-5-3-4-6-13(12)19/h3-6,8-9,15H,7H2,1-2H3. The van der Waals surface area contributed by atoms with Gasteiger partial charge in [0, 0.05) is 24.0 Å². The zero-order valence-electron chi connectivity index (χ0n) is 11.0. The average Bonchev–Trinajstić information content (AvgIpc) is 2.85. The molecular weight excluding hydrogens is 238 g/mol. The van der Waals surface area contributed by atoms with Gasteiger partial charge in [-0.1, -0.05) is 12.1 Å². The van der Waals surface area contributed by atoms with Crippen LogP contribution in [-0.4, -0.2) is 26.6 Å². The molecule has 0 bridgehead atoms. The van der Waals surface area contributed by atoms with E-state index in [4.69, 9.17) is 0 Å². The highest BCUT2D eigenvalue weighted by molar-refractivity contribution is 5.76. The molecule has 3 aromatic rings. The summed E-state index contributed by atoms with van der Waals surface area (Å²) in [5.41, 5.74) is 4.05. The summed E-state index contributed by atoms with van der Waals surface area (Å²) in [5.74, 6) is 0.658. The van der Waals surface area contributed by atoms with Crippen molar-refractivity contribution in [3.8, 4) is 5.95 Å². The number of aryl methyl sites for hydroxylation is 1. The Morgan fingerprint density at radius 3 is 2.84 bits per heavy atom. The minimum Gasteiger partial charge on any atom is -0.316 e. The first-order chi connectivity index (χ1) is 9.29. The number of nitrogens with one attached hydrogen (secondary N) is 1. The Morgan fingerprint density at radius 1 is 1.21 bits per heavy atom. The summed E-state index contributed by atoms with van der Waals surface area (Å²) in [6, 6.07) is 7.96. The van der Waals surface area contributed by atoms with Crippen molar-refractivity contribution in [3.63, 3.8) is 0 Å². The van der Waals surface area contributed by atoms with Crippen LogP contribution in [0.15, 0.2) is 36.8 Å². The maximum atomic E-state index is 4.56. The normalized spacial score (nSPS) is 11.1. The SMILES string of the molecule is CNCc1cnc(-n2cnc3ccccc32)nc1C. The first kappa shape index (κ1) is 11.8. The van der Waals surface area contributed by atoms with Gasteiger partial charge in [0.05, 0.1) is 11.0 Å². The van der Waals surface area contributed by atoms with Crippen molar-refractivity contribution in [1.82, 2.24) is 24.8 Å². The van der Waals surface area contributed by atoms with Crippen molar-refractivity contribution < 1.29 is 0 Å². The molecule has 0 radical (unpaired) electrons. The van der Waals surface area contributed by atoms with Crippen LogP contribution in [0.25, 0.3) is 17.0 Å². The summed E-state index contributed by atoms with van der Waals surface area (Å²) in [7, 11) is 1.91. The molecule has 0 aliphatic rings. The number of fused-ring (bicyclic) bond motifs is 1. The van der Waals surface area contributed by atoms with Gasteiger partial charge in [0.2, 0.25) is 5.95 Å². The van der Waals surface area contributed by atoms with Gasteiger partial charge < -0.3 is 5.32 Å². The number of rotatable bonds is 3. The van der Waals surface area contributed by atoms with Crippen molar-refractivity contribution in [2.45, 2.75) is 13.5 Å². The van der Waals surface area contributed by atoms with Gasteiger partial charge >= 0.3 is 0 Å². The Labute approximate surface area is 111 Å². The fourth-order valence-electron chi connectivity index (χ4n) is 2.08. The molecule has 2 heterocycles. The molecule has 0 aliphatic carbocycles. The molecule has 1 aromatic carbocycles. The number of nitrogens with zero attached hydrogens (tertiary/aromatic N) is 4. The van der Waals surface area contributed by atoms with Crippen LogP contribution >= 0.6 is 0 Å². The highest BCUT2D eigenvalue weighted by Gasteiger charge is 2.08. The molecule has 0 atom stereocenters. The smallest absolute Gasteiger partial charge is 0.235 e. The van der Waals surface area contributed by atoms with E-state index in [0.717, 1.165) is 28.8 Å². The van der Waals surface area contributed by atoms with Crippen molar-refractivity contribution in [2.24, 2.45) is 0 Å². The monoisotopic (exact) mass is 253 g/mol. The molecule has 1 N–H and O–H groups in total. The molecule has 96 valence electrons. The molecule has 3 rings (SSSR count). The molecule has 0 spiro atoms. The van der Waals surface area contributed by atoms with Crippen LogP contribution in [0.4, 0.5) is 0 Å². The lowest BCUT2D eigenvalue weighted by Crippen LogP contribution is -2.10. The molecular formula is C14H15N5. The van der Waals surface area contributed by atoms with Crippen LogP contribution in [0.5, 0.6) is 0 Å². The average molecular weight is 253 g/mol. The van der Waals surface area contributed by atoms with E-state index in [-0.39, 0.29) is 0 Å². The summed E-state index contributed by atoms with van der Waals surface area (Å²) in [6.07, 6.45) is 3.63. The number of imidazole rings is 1. The molecule has 0 amide bonds. The minimum absolute atomic E-state index is 0.658. The van der Waals surface area contributed by atoms with Gasteiger partial charge in [-0.2, -0.15) is 0 Å². The zero-order chi connectivity index (χ0) is 13.2. The second-order valence-corrected chi connectivity index (χ2v) is 4.41. The van der Waals surface area contributed by atoms with Gasteiger partial charge in [-0.15, -0.1) is 0 Å². The largest absolute Gasteiger partial charge is 0.316 e. The van der Waals surface area contributed by atoms with E-state index >= 15 is 0 Å². The Balaban J connectivity index is 2.09. The van der Waals surface area contributed by atoms with Crippen LogP contribution in [-0.2, 0) is 6.54 Å². The molecule has 5 nitrogen and oxygen atoms in total. The quantitative estimate of drug-likeness (QED) is 0.774. The molecule has 0 fully saturated rings. The Hall–Kier alpha value is -2.27. The van der Waals surface area contributed by atoms with E-state index in [0.29, 0.717) is 5.95 Å². The van der Waals surface area contributed by atoms with Crippen LogP contribution in [0.1, 0.15) is 11.3 Å². The summed E-state index contributed by atoms with van der Waals surface area (Å²) in [4.78, 5) is 13.3. The maximum Gasteiger partial charge on any atom is 0.235 e. The lowest BCUT2D eigenvalue weighted by Gasteiger charge is -2.07. The summed E-state index contributed by atoms with van der Waals surface area (Å²) in [5, 5.41) is 3.11. The molecule has 0 saturated carbocycles. The van der Waals surface area contributed by atoms with Gasteiger partial charge in [-0.3, -0.25) is 4.57 Å². The second kappa shape index (κ2) is 4.78. The Morgan fingerprint density at radius 2 is 2.05 bits per heavy atom.